The monoisotopic (exact) mass is 223 g/mol. The van der Waals surface area contributed by atoms with E-state index >= 15 is 0 Å². The van der Waals surface area contributed by atoms with Crippen molar-refractivity contribution in [3.05, 3.63) is 12.4 Å². The Morgan fingerprint density at radius 3 is 2.88 bits per heavy atom. The summed E-state index contributed by atoms with van der Waals surface area (Å²) in [5.41, 5.74) is 2.45. The predicted octanol–water partition coefficient (Wildman–Crippen LogP) is 0.335. The molecule has 0 aromatic carbocycles. The molecule has 2 rings (SSSR count). The zero-order chi connectivity index (χ0) is 11.4. The number of aromatic nitrogens is 2. The van der Waals surface area contributed by atoms with Gasteiger partial charge in [-0.25, -0.2) is 10.8 Å². The number of nitrogens with one attached hydrogen (secondary N) is 2. The molecule has 1 aliphatic carbocycles. The van der Waals surface area contributed by atoms with Gasteiger partial charge in [0, 0.05) is 6.54 Å². The van der Waals surface area contributed by atoms with E-state index in [1.807, 2.05) is 0 Å². The number of rotatable bonds is 4. The average Bonchev–Trinajstić information content (AvgIpc) is 2.73. The standard InChI is InChI=1S/C10H17N5O/c11-15-10-6-12-5-9(14-10)13-4-7-1-2-8(16)3-7/h5-8,16H,1-4,11H2,(H2,13,14,15). The van der Waals surface area contributed by atoms with Gasteiger partial charge in [-0.05, 0) is 25.2 Å². The van der Waals surface area contributed by atoms with Gasteiger partial charge in [-0.1, -0.05) is 0 Å². The van der Waals surface area contributed by atoms with Crippen LogP contribution in [0.15, 0.2) is 12.4 Å². The minimum Gasteiger partial charge on any atom is -0.393 e. The van der Waals surface area contributed by atoms with Gasteiger partial charge in [0.1, 0.15) is 5.82 Å². The van der Waals surface area contributed by atoms with Crippen molar-refractivity contribution in [3.8, 4) is 0 Å². The van der Waals surface area contributed by atoms with Crippen LogP contribution in [0.4, 0.5) is 11.6 Å². The summed E-state index contributed by atoms with van der Waals surface area (Å²) in [4.78, 5) is 8.20. The van der Waals surface area contributed by atoms with Crippen LogP contribution < -0.4 is 16.6 Å². The Balaban J connectivity index is 1.84. The maximum absolute atomic E-state index is 9.40. The Bertz CT molecular complexity index is 346. The van der Waals surface area contributed by atoms with Crippen LogP contribution in [0.2, 0.25) is 0 Å². The van der Waals surface area contributed by atoms with Crippen molar-refractivity contribution >= 4 is 11.6 Å². The second kappa shape index (κ2) is 5.09. The Kier molecular flexibility index (Phi) is 3.53. The second-order valence-corrected chi connectivity index (χ2v) is 4.15. The minimum atomic E-state index is -0.130. The quantitative estimate of drug-likeness (QED) is 0.434. The fourth-order valence-corrected chi connectivity index (χ4v) is 2.00. The van der Waals surface area contributed by atoms with Crippen LogP contribution in [0.1, 0.15) is 19.3 Å². The Morgan fingerprint density at radius 1 is 1.38 bits per heavy atom. The topological polar surface area (TPSA) is 96.1 Å². The first kappa shape index (κ1) is 11.1. The highest BCUT2D eigenvalue weighted by Gasteiger charge is 2.22. The molecule has 1 aromatic heterocycles. The largest absolute Gasteiger partial charge is 0.393 e. The predicted molar refractivity (Wildman–Crippen MR) is 61.7 cm³/mol. The summed E-state index contributed by atoms with van der Waals surface area (Å²) in [5.74, 6) is 7.01. The third kappa shape index (κ3) is 2.80. The minimum absolute atomic E-state index is 0.130. The molecule has 2 unspecified atom stereocenters. The highest BCUT2D eigenvalue weighted by Crippen LogP contribution is 2.25. The number of nitrogen functional groups attached to an aromatic ring is 1. The number of nitrogens with zero attached hydrogens (tertiary/aromatic N) is 2. The van der Waals surface area contributed by atoms with Crippen molar-refractivity contribution in [1.82, 2.24) is 9.97 Å². The SMILES string of the molecule is NNc1cncc(NCC2CCC(O)C2)n1. The lowest BCUT2D eigenvalue weighted by Crippen LogP contribution is -2.15. The highest BCUT2D eigenvalue weighted by atomic mass is 16.3. The van der Waals surface area contributed by atoms with Gasteiger partial charge in [0.15, 0.2) is 5.82 Å². The van der Waals surface area contributed by atoms with Crippen molar-refractivity contribution in [3.63, 3.8) is 0 Å². The number of hydrogen-bond donors (Lipinski definition) is 4. The molecule has 88 valence electrons. The summed E-state index contributed by atoms with van der Waals surface area (Å²) < 4.78 is 0. The van der Waals surface area contributed by atoms with Gasteiger partial charge in [0.05, 0.1) is 18.5 Å². The van der Waals surface area contributed by atoms with Crippen LogP contribution >= 0.6 is 0 Å². The maximum Gasteiger partial charge on any atom is 0.160 e. The highest BCUT2D eigenvalue weighted by molar-refractivity contribution is 5.40. The van der Waals surface area contributed by atoms with E-state index < -0.39 is 0 Å². The van der Waals surface area contributed by atoms with Crippen LogP contribution in [0.3, 0.4) is 0 Å². The van der Waals surface area contributed by atoms with Gasteiger partial charge >= 0.3 is 0 Å². The van der Waals surface area contributed by atoms with Crippen LogP contribution in [0, 0.1) is 5.92 Å². The van der Waals surface area contributed by atoms with E-state index in [1.54, 1.807) is 12.4 Å². The molecule has 0 aliphatic heterocycles. The smallest absolute Gasteiger partial charge is 0.160 e. The van der Waals surface area contributed by atoms with Crippen LogP contribution in [0.25, 0.3) is 0 Å². The first-order chi connectivity index (χ1) is 7.78. The molecular weight excluding hydrogens is 206 g/mol. The fraction of sp³-hybridized carbons (Fsp3) is 0.600. The lowest BCUT2D eigenvalue weighted by molar-refractivity contribution is 0.178. The van der Waals surface area contributed by atoms with Crippen LogP contribution in [0.5, 0.6) is 0 Å². The third-order valence-electron chi connectivity index (χ3n) is 2.87. The third-order valence-corrected chi connectivity index (χ3v) is 2.87. The first-order valence-electron chi connectivity index (χ1n) is 5.48. The summed E-state index contributed by atoms with van der Waals surface area (Å²) in [6.07, 6.45) is 5.93. The fourth-order valence-electron chi connectivity index (χ4n) is 2.00. The van der Waals surface area contributed by atoms with E-state index in [9.17, 15) is 5.11 Å². The van der Waals surface area contributed by atoms with Gasteiger partial charge in [-0.15, -0.1) is 0 Å². The van der Waals surface area contributed by atoms with E-state index in [0.717, 1.165) is 25.8 Å². The molecule has 0 amide bonds. The molecule has 1 aliphatic rings. The van der Waals surface area contributed by atoms with Crippen LogP contribution in [-0.4, -0.2) is 27.7 Å². The lowest BCUT2D eigenvalue weighted by Gasteiger charge is -2.11. The summed E-state index contributed by atoms with van der Waals surface area (Å²) in [6.45, 7) is 0.819. The molecule has 1 aromatic rings. The summed E-state index contributed by atoms with van der Waals surface area (Å²) in [7, 11) is 0. The number of aliphatic hydroxyl groups excluding tert-OH is 1. The van der Waals surface area contributed by atoms with E-state index in [1.165, 1.54) is 0 Å². The van der Waals surface area contributed by atoms with Crippen LogP contribution in [-0.2, 0) is 0 Å². The molecular formula is C10H17N5O. The number of anilines is 2. The Labute approximate surface area is 94.3 Å². The first-order valence-corrected chi connectivity index (χ1v) is 5.48. The van der Waals surface area contributed by atoms with Crippen molar-refractivity contribution in [2.75, 3.05) is 17.3 Å². The van der Waals surface area contributed by atoms with Gasteiger partial charge < -0.3 is 15.8 Å². The number of hydrazine groups is 1. The van der Waals surface area contributed by atoms with E-state index in [4.69, 9.17) is 5.84 Å². The molecule has 0 radical (unpaired) electrons. The van der Waals surface area contributed by atoms with Crippen molar-refractivity contribution in [1.29, 1.82) is 0 Å². The summed E-state index contributed by atoms with van der Waals surface area (Å²) >= 11 is 0. The molecule has 5 N–H and O–H groups in total. The van der Waals surface area contributed by atoms with E-state index in [2.05, 4.69) is 20.7 Å². The zero-order valence-electron chi connectivity index (χ0n) is 9.06. The number of hydrogen-bond acceptors (Lipinski definition) is 6. The van der Waals surface area contributed by atoms with E-state index in [0.29, 0.717) is 17.6 Å². The van der Waals surface area contributed by atoms with Crippen molar-refractivity contribution in [2.24, 2.45) is 11.8 Å². The molecule has 1 fully saturated rings. The molecule has 0 bridgehead atoms. The van der Waals surface area contributed by atoms with Gasteiger partial charge in [0.25, 0.3) is 0 Å². The van der Waals surface area contributed by atoms with Gasteiger partial charge in [-0.2, -0.15) is 0 Å². The molecule has 6 nitrogen and oxygen atoms in total. The van der Waals surface area contributed by atoms with Crippen molar-refractivity contribution < 1.29 is 5.11 Å². The lowest BCUT2D eigenvalue weighted by atomic mass is 10.1. The second-order valence-electron chi connectivity index (χ2n) is 4.15. The molecule has 16 heavy (non-hydrogen) atoms. The average molecular weight is 223 g/mol. The molecule has 6 heteroatoms. The number of nitrogens with two attached hydrogens (primary N) is 1. The Morgan fingerprint density at radius 2 is 2.19 bits per heavy atom. The van der Waals surface area contributed by atoms with Gasteiger partial charge in [-0.3, -0.25) is 4.98 Å². The normalized spacial score (nSPS) is 24.4. The van der Waals surface area contributed by atoms with Gasteiger partial charge in [0.2, 0.25) is 0 Å². The molecule has 1 heterocycles. The molecule has 0 saturated heterocycles. The van der Waals surface area contributed by atoms with E-state index in [-0.39, 0.29) is 6.10 Å². The zero-order valence-corrected chi connectivity index (χ0v) is 9.06. The molecule has 1 saturated carbocycles. The molecule has 0 spiro atoms. The summed E-state index contributed by atoms with van der Waals surface area (Å²) in [6, 6.07) is 0. The number of aliphatic hydroxyl groups is 1. The van der Waals surface area contributed by atoms with Crippen molar-refractivity contribution in [2.45, 2.75) is 25.4 Å². The molecule has 2 atom stereocenters. The maximum atomic E-state index is 9.40. The summed E-state index contributed by atoms with van der Waals surface area (Å²) in [5, 5.41) is 12.6. The Hall–Kier alpha value is -1.40.